The van der Waals surface area contributed by atoms with Crippen LogP contribution in [0.25, 0.3) is 0 Å². The maximum absolute atomic E-state index is 10.4. The lowest BCUT2D eigenvalue weighted by Gasteiger charge is -2.16. The fourth-order valence-corrected chi connectivity index (χ4v) is 1.43. The van der Waals surface area contributed by atoms with Gasteiger partial charge in [0.25, 0.3) is 0 Å². The Hall–Kier alpha value is -1.06. The largest absolute Gasteiger partial charge is 0.481 e. The Bertz CT molecular complexity index is 234. The number of carbonyl (C=O) groups is 2. The number of rotatable bonds is 8. The number of hydrogen-bond acceptors (Lipinski definition) is 2. The lowest BCUT2D eigenvalue weighted by atomic mass is 9.88. The SMILES string of the molecule is CCCC(C)(C)C(=O)O.CCCCCCC(=O)O. The van der Waals surface area contributed by atoms with E-state index in [0.29, 0.717) is 6.42 Å². The average Bonchev–Trinajstić information content (AvgIpc) is 2.25. The first-order valence-electron chi connectivity index (χ1n) is 6.73. The number of carboxylic acid groups (broad SMARTS) is 2. The smallest absolute Gasteiger partial charge is 0.309 e. The molecule has 108 valence electrons. The molecule has 0 heterocycles. The van der Waals surface area contributed by atoms with Crippen LogP contribution < -0.4 is 0 Å². The molecule has 0 atom stereocenters. The predicted octanol–water partition coefficient (Wildman–Crippen LogP) is 3.94. The van der Waals surface area contributed by atoms with E-state index in [1.54, 1.807) is 13.8 Å². The van der Waals surface area contributed by atoms with E-state index in [0.717, 1.165) is 32.1 Å². The summed E-state index contributed by atoms with van der Waals surface area (Å²) in [4.78, 5) is 20.4. The van der Waals surface area contributed by atoms with Crippen LogP contribution in [0.4, 0.5) is 0 Å². The van der Waals surface area contributed by atoms with Crippen molar-refractivity contribution in [3.63, 3.8) is 0 Å². The molecule has 18 heavy (non-hydrogen) atoms. The topological polar surface area (TPSA) is 74.6 Å². The molecule has 0 radical (unpaired) electrons. The Balaban J connectivity index is 0. The first-order valence-corrected chi connectivity index (χ1v) is 6.73. The summed E-state index contributed by atoms with van der Waals surface area (Å²) in [5.74, 6) is -1.38. The van der Waals surface area contributed by atoms with Crippen molar-refractivity contribution in [2.45, 2.75) is 72.6 Å². The molecule has 0 aliphatic rings. The van der Waals surface area contributed by atoms with Crippen LogP contribution in [0, 0.1) is 5.41 Å². The molecule has 4 nitrogen and oxygen atoms in total. The summed E-state index contributed by atoms with van der Waals surface area (Å²) in [6.07, 6.45) is 6.24. The van der Waals surface area contributed by atoms with Crippen molar-refractivity contribution in [3.05, 3.63) is 0 Å². The van der Waals surface area contributed by atoms with Crippen molar-refractivity contribution in [2.75, 3.05) is 0 Å². The van der Waals surface area contributed by atoms with Crippen LogP contribution in [0.3, 0.4) is 0 Å². The second-order valence-electron chi connectivity index (χ2n) is 5.14. The third-order valence-corrected chi connectivity index (χ3v) is 2.70. The summed E-state index contributed by atoms with van der Waals surface area (Å²) < 4.78 is 0. The minimum Gasteiger partial charge on any atom is -0.481 e. The van der Waals surface area contributed by atoms with Gasteiger partial charge in [-0.05, 0) is 26.7 Å². The van der Waals surface area contributed by atoms with Gasteiger partial charge in [-0.25, -0.2) is 0 Å². The molecule has 2 N–H and O–H groups in total. The summed E-state index contributed by atoms with van der Waals surface area (Å²) in [5.41, 5.74) is -0.533. The zero-order valence-electron chi connectivity index (χ0n) is 12.2. The van der Waals surface area contributed by atoms with Crippen LogP contribution in [-0.4, -0.2) is 22.2 Å². The number of unbranched alkanes of at least 4 members (excludes halogenated alkanes) is 3. The van der Waals surface area contributed by atoms with E-state index in [9.17, 15) is 9.59 Å². The summed E-state index contributed by atoms with van der Waals surface area (Å²) >= 11 is 0. The van der Waals surface area contributed by atoms with Gasteiger partial charge in [0.05, 0.1) is 5.41 Å². The highest BCUT2D eigenvalue weighted by molar-refractivity contribution is 5.73. The highest BCUT2D eigenvalue weighted by Crippen LogP contribution is 2.21. The lowest BCUT2D eigenvalue weighted by molar-refractivity contribution is -0.147. The maximum Gasteiger partial charge on any atom is 0.309 e. The van der Waals surface area contributed by atoms with Crippen LogP contribution >= 0.6 is 0 Å². The minimum atomic E-state index is -0.704. The molecule has 0 aliphatic carbocycles. The molecule has 0 aromatic heterocycles. The highest BCUT2D eigenvalue weighted by Gasteiger charge is 2.25. The van der Waals surface area contributed by atoms with Crippen LogP contribution in [0.15, 0.2) is 0 Å². The third kappa shape index (κ3) is 13.0. The molecule has 0 spiro atoms. The molecule has 0 aromatic carbocycles. The predicted molar refractivity (Wildman–Crippen MR) is 72.7 cm³/mol. The molecule has 0 rings (SSSR count). The fourth-order valence-electron chi connectivity index (χ4n) is 1.43. The monoisotopic (exact) mass is 260 g/mol. The van der Waals surface area contributed by atoms with Crippen LogP contribution in [-0.2, 0) is 9.59 Å². The maximum atomic E-state index is 10.4. The van der Waals surface area contributed by atoms with Crippen molar-refractivity contribution >= 4 is 11.9 Å². The number of aliphatic carboxylic acids is 2. The van der Waals surface area contributed by atoms with E-state index >= 15 is 0 Å². The van der Waals surface area contributed by atoms with Gasteiger partial charge >= 0.3 is 11.9 Å². The molecule has 0 aliphatic heterocycles. The Labute approximate surface area is 110 Å². The van der Waals surface area contributed by atoms with Crippen LogP contribution in [0.2, 0.25) is 0 Å². The van der Waals surface area contributed by atoms with E-state index in [4.69, 9.17) is 10.2 Å². The van der Waals surface area contributed by atoms with Gasteiger partial charge in [-0.2, -0.15) is 0 Å². The Morgan fingerprint density at radius 3 is 1.78 bits per heavy atom. The van der Waals surface area contributed by atoms with Crippen LogP contribution in [0.1, 0.15) is 72.6 Å². The van der Waals surface area contributed by atoms with Crippen molar-refractivity contribution in [1.29, 1.82) is 0 Å². The minimum absolute atomic E-state index is 0.333. The normalized spacial score (nSPS) is 10.4. The first-order chi connectivity index (χ1) is 8.27. The van der Waals surface area contributed by atoms with Gasteiger partial charge in [0.15, 0.2) is 0 Å². The van der Waals surface area contributed by atoms with Gasteiger partial charge in [-0.15, -0.1) is 0 Å². The molecule has 0 saturated heterocycles. The number of carboxylic acids is 2. The first kappa shape index (κ1) is 19.3. The van der Waals surface area contributed by atoms with Gasteiger partial charge in [0, 0.05) is 6.42 Å². The average molecular weight is 260 g/mol. The number of hydrogen-bond donors (Lipinski definition) is 2. The van der Waals surface area contributed by atoms with Crippen molar-refractivity contribution in [1.82, 2.24) is 0 Å². The molecular weight excluding hydrogens is 232 g/mol. The molecule has 0 fully saturated rings. The van der Waals surface area contributed by atoms with E-state index in [1.807, 2.05) is 6.92 Å². The van der Waals surface area contributed by atoms with Gasteiger partial charge in [-0.3, -0.25) is 9.59 Å². The third-order valence-electron chi connectivity index (χ3n) is 2.70. The second kappa shape index (κ2) is 11.1. The summed E-state index contributed by atoms with van der Waals surface area (Å²) in [7, 11) is 0. The Morgan fingerprint density at radius 1 is 0.944 bits per heavy atom. The molecule has 0 amide bonds. The molecule has 0 bridgehead atoms. The van der Waals surface area contributed by atoms with E-state index in [1.165, 1.54) is 6.42 Å². The lowest BCUT2D eigenvalue weighted by Crippen LogP contribution is -2.22. The van der Waals surface area contributed by atoms with Gasteiger partial charge in [0.2, 0.25) is 0 Å². The quantitative estimate of drug-likeness (QED) is 0.648. The molecule has 0 unspecified atom stereocenters. The van der Waals surface area contributed by atoms with Gasteiger partial charge < -0.3 is 10.2 Å². The molecular formula is C14H28O4. The summed E-state index contributed by atoms with van der Waals surface area (Å²) in [5, 5.41) is 16.8. The highest BCUT2D eigenvalue weighted by atomic mass is 16.4. The Morgan fingerprint density at radius 2 is 1.50 bits per heavy atom. The fraction of sp³-hybridized carbons (Fsp3) is 0.857. The zero-order chi connectivity index (χ0) is 14.6. The van der Waals surface area contributed by atoms with Gasteiger partial charge in [0.1, 0.15) is 0 Å². The van der Waals surface area contributed by atoms with Crippen molar-refractivity contribution in [2.24, 2.45) is 5.41 Å². The Kier molecular flexibility index (Phi) is 11.8. The summed E-state index contributed by atoms with van der Waals surface area (Å²) in [6, 6.07) is 0. The summed E-state index contributed by atoms with van der Waals surface area (Å²) in [6.45, 7) is 7.60. The van der Waals surface area contributed by atoms with Crippen LogP contribution in [0.5, 0.6) is 0 Å². The van der Waals surface area contributed by atoms with E-state index in [2.05, 4.69) is 6.92 Å². The van der Waals surface area contributed by atoms with Gasteiger partial charge in [-0.1, -0.05) is 39.5 Å². The van der Waals surface area contributed by atoms with Crippen molar-refractivity contribution in [3.8, 4) is 0 Å². The molecule has 0 aromatic rings. The molecule has 4 heteroatoms. The van der Waals surface area contributed by atoms with E-state index < -0.39 is 17.4 Å². The standard InChI is InChI=1S/2C7H14O2/c1-4-5-7(2,3)6(8)9;1-2-3-4-5-6-7(8)9/h4-5H2,1-3H3,(H,8,9);2-6H2,1H3,(H,8,9). The second-order valence-corrected chi connectivity index (χ2v) is 5.14. The van der Waals surface area contributed by atoms with Crippen molar-refractivity contribution < 1.29 is 19.8 Å². The zero-order valence-corrected chi connectivity index (χ0v) is 12.2. The van der Waals surface area contributed by atoms with E-state index in [-0.39, 0.29) is 0 Å². The molecule has 0 saturated carbocycles.